The fourth-order valence-electron chi connectivity index (χ4n) is 10.3. The number of nitrogens with one attached hydrogen (secondary N) is 3. The molecule has 6 atom stereocenters. The van der Waals surface area contributed by atoms with E-state index in [4.69, 9.17) is 29.3 Å². The van der Waals surface area contributed by atoms with Crippen LogP contribution in [0.1, 0.15) is 72.8 Å². The standard InChI is InChI=1S/C46H48FN9O7S/c1-24-4-9-36(62-24)44-56-33-8-6-26(31-21-49-41(51-31)35-19-29(47)23-54(35)43(58)39(53-45(59)60-2)25-10-14-61-15-11-25)16-28(33)17-34(56)30-7-5-27(18-37(30)63-44)32-22-50-42(52-32)40-46(64-40)12-3-13-55(46)38(57)20-48/h4-9,16-18,21-22,25,29,35,39-40,44H,3,10-15,19-20,23,48H2,1-2H3,(H,49,51)(H,50,52)(H,53,59)/t29-,35+,39+,40?,44?,46+/m1/s1. The van der Waals surface area contributed by atoms with Crippen LogP contribution in [0.2, 0.25) is 0 Å². The van der Waals surface area contributed by atoms with E-state index in [1.165, 1.54) is 12.0 Å². The van der Waals surface area contributed by atoms with Gasteiger partial charge in [0.1, 0.15) is 40.2 Å². The summed E-state index contributed by atoms with van der Waals surface area (Å²) in [7, 11) is 1.25. The molecule has 18 heteroatoms. The van der Waals surface area contributed by atoms with E-state index in [1.54, 1.807) is 18.0 Å². The third kappa shape index (κ3) is 6.84. The zero-order chi connectivity index (χ0) is 43.9. The van der Waals surface area contributed by atoms with E-state index >= 15 is 4.39 Å². The first-order chi connectivity index (χ1) is 31.1. The fourth-order valence-corrected chi connectivity index (χ4v) is 11.8. The zero-order valence-electron chi connectivity index (χ0n) is 35.3. The van der Waals surface area contributed by atoms with Crippen molar-refractivity contribution in [2.75, 3.05) is 40.0 Å². The molecule has 4 saturated heterocycles. The van der Waals surface area contributed by atoms with E-state index in [1.807, 2.05) is 48.4 Å². The number of imidazole rings is 2. The molecule has 5 N–H and O–H groups in total. The van der Waals surface area contributed by atoms with Crippen molar-refractivity contribution in [2.45, 2.75) is 73.6 Å². The first-order valence-corrected chi connectivity index (χ1v) is 22.7. The molecule has 16 nitrogen and oxygen atoms in total. The van der Waals surface area contributed by atoms with Crippen molar-refractivity contribution in [1.29, 1.82) is 0 Å². The van der Waals surface area contributed by atoms with Gasteiger partial charge in [0.2, 0.25) is 18.0 Å². The molecule has 64 heavy (non-hydrogen) atoms. The van der Waals surface area contributed by atoms with Crippen LogP contribution in [0.3, 0.4) is 0 Å². The van der Waals surface area contributed by atoms with E-state index in [2.05, 4.69) is 49.1 Å². The van der Waals surface area contributed by atoms with Gasteiger partial charge in [-0.05, 0) is 81.0 Å². The van der Waals surface area contributed by atoms with Gasteiger partial charge in [0.15, 0.2) is 5.76 Å². The lowest BCUT2D eigenvalue weighted by Gasteiger charge is -2.34. The number of alkyl carbamates (subject to hydrolysis) is 1. The van der Waals surface area contributed by atoms with Gasteiger partial charge in [-0.25, -0.2) is 19.2 Å². The van der Waals surface area contributed by atoms with Gasteiger partial charge in [0, 0.05) is 48.3 Å². The molecule has 6 aromatic rings. The quantitative estimate of drug-likeness (QED) is 0.112. The first-order valence-electron chi connectivity index (χ1n) is 21.8. The second kappa shape index (κ2) is 15.8. The number of likely N-dealkylation sites (tertiary alicyclic amines) is 2. The summed E-state index contributed by atoms with van der Waals surface area (Å²) in [5.74, 6) is 2.86. The first kappa shape index (κ1) is 40.7. The van der Waals surface area contributed by atoms with Crippen molar-refractivity contribution in [1.82, 2.24) is 39.6 Å². The Morgan fingerprint density at radius 3 is 2.56 bits per heavy atom. The average Bonchev–Trinajstić information content (AvgIpc) is 4.08. The molecule has 3 amide bonds. The number of hydrogen-bond acceptors (Lipinski definition) is 11. The molecule has 0 aliphatic carbocycles. The summed E-state index contributed by atoms with van der Waals surface area (Å²) >= 11 is 1.76. The topological polar surface area (TPSA) is 199 Å². The minimum atomic E-state index is -1.25. The number of halogens is 1. The van der Waals surface area contributed by atoms with Crippen molar-refractivity contribution in [3.8, 4) is 39.5 Å². The predicted molar refractivity (Wildman–Crippen MR) is 235 cm³/mol. The number of hydrogen-bond donors (Lipinski definition) is 4. The molecule has 0 radical (unpaired) electrons. The average molecular weight is 890 g/mol. The summed E-state index contributed by atoms with van der Waals surface area (Å²) in [4.78, 5) is 58.7. The number of fused-ring (bicyclic) bond motifs is 5. The normalized spacial score (nSPS) is 24.4. The lowest BCUT2D eigenvalue weighted by molar-refractivity contribution is -0.137. The maximum Gasteiger partial charge on any atom is 0.407 e. The molecule has 4 aromatic heterocycles. The largest absolute Gasteiger partial charge is 0.462 e. The number of thioether (sulfide) groups is 1. The number of rotatable bonds is 9. The van der Waals surface area contributed by atoms with Gasteiger partial charge >= 0.3 is 6.09 Å². The van der Waals surface area contributed by atoms with Crippen LogP contribution in [-0.2, 0) is 19.1 Å². The number of aromatic amines is 2. The molecule has 332 valence electrons. The molecule has 2 unspecified atom stereocenters. The summed E-state index contributed by atoms with van der Waals surface area (Å²) in [6.07, 6.45) is 4.11. The summed E-state index contributed by atoms with van der Waals surface area (Å²) < 4.78 is 40.8. The molecular formula is C46H48FN9O7S. The van der Waals surface area contributed by atoms with E-state index in [9.17, 15) is 14.4 Å². The summed E-state index contributed by atoms with van der Waals surface area (Å²) in [5.41, 5.74) is 11.9. The number of amides is 3. The SMILES string of the molecule is COC(=O)N[C@H](C(=O)N1C[C@H](F)C[C@H]1c1ncc(-c2ccc3c(c2)cc2n3C(c3ccc(C)o3)Oc3cc(-c4cnc(C5S[C@@]56CCCN6C(=O)CN)[nH]4)ccc3-2)[nH]1)C1CCOCC1. The summed E-state index contributed by atoms with van der Waals surface area (Å²) in [5, 5.41) is 3.74. The van der Waals surface area contributed by atoms with Crippen molar-refractivity contribution in [3.05, 3.63) is 90.2 Å². The number of nitrogens with two attached hydrogens (primary N) is 1. The van der Waals surface area contributed by atoms with Gasteiger partial charge < -0.3 is 49.4 Å². The minimum absolute atomic E-state index is 0.00276. The molecule has 9 heterocycles. The molecule has 4 fully saturated rings. The van der Waals surface area contributed by atoms with Crippen LogP contribution in [0.4, 0.5) is 9.18 Å². The van der Waals surface area contributed by atoms with Gasteiger partial charge in [-0.3, -0.25) is 14.2 Å². The minimum Gasteiger partial charge on any atom is -0.462 e. The Morgan fingerprint density at radius 1 is 1.03 bits per heavy atom. The van der Waals surface area contributed by atoms with Crippen LogP contribution in [-0.4, -0.2) is 109 Å². The van der Waals surface area contributed by atoms with Crippen molar-refractivity contribution in [3.63, 3.8) is 0 Å². The highest BCUT2D eigenvalue weighted by molar-refractivity contribution is 8.08. The highest BCUT2D eigenvalue weighted by Gasteiger charge is 2.64. The number of carbonyl (C=O) groups is 3. The van der Waals surface area contributed by atoms with Crippen LogP contribution in [0.15, 0.2) is 71.4 Å². The molecule has 2 aromatic carbocycles. The third-order valence-electron chi connectivity index (χ3n) is 13.5. The Labute approximate surface area is 371 Å². The molecule has 1 spiro atoms. The second-order valence-electron chi connectivity index (χ2n) is 17.3. The molecule has 0 bridgehead atoms. The highest BCUT2D eigenvalue weighted by atomic mass is 32.2. The monoisotopic (exact) mass is 889 g/mol. The van der Waals surface area contributed by atoms with Gasteiger partial charge in [-0.15, -0.1) is 11.8 Å². The number of ether oxygens (including phenoxy) is 3. The summed E-state index contributed by atoms with van der Waals surface area (Å²) in [6, 6.07) is 16.7. The fraction of sp³-hybridized carbons (Fsp3) is 0.413. The molecule has 5 aliphatic rings. The maximum absolute atomic E-state index is 15.2. The third-order valence-corrected chi connectivity index (χ3v) is 15.1. The predicted octanol–water partition coefficient (Wildman–Crippen LogP) is 6.76. The number of nitrogens with zero attached hydrogens (tertiary/aromatic N) is 5. The Bertz CT molecular complexity index is 2790. The van der Waals surface area contributed by atoms with E-state index in [0.717, 1.165) is 70.0 Å². The van der Waals surface area contributed by atoms with Gasteiger partial charge in [0.25, 0.3) is 0 Å². The smallest absolute Gasteiger partial charge is 0.407 e. The Hall–Kier alpha value is -6.11. The Morgan fingerprint density at radius 2 is 1.80 bits per heavy atom. The molecule has 5 aliphatic heterocycles. The lowest BCUT2D eigenvalue weighted by Crippen LogP contribution is -2.53. The number of H-pyrrole nitrogens is 2. The van der Waals surface area contributed by atoms with Crippen molar-refractivity contribution in [2.24, 2.45) is 11.7 Å². The van der Waals surface area contributed by atoms with Crippen LogP contribution in [0, 0.1) is 12.8 Å². The van der Waals surface area contributed by atoms with Crippen molar-refractivity contribution < 1.29 is 37.4 Å². The number of aromatic nitrogens is 5. The molecular weight excluding hydrogens is 842 g/mol. The number of benzene rings is 2. The maximum atomic E-state index is 15.2. The van der Waals surface area contributed by atoms with Gasteiger partial charge in [-0.1, -0.05) is 12.1 Å². The Kier molecular flexibility index (Phi) is 10.1. The van der Waals surface area contributed by atoms with Crippen LogP contribution in [0.25, 0.3) is 44.7 Å². The van der Waals surface area contributed by atoms with Crippen LogP contribution in [0.5, 0.6) is 5.75 Å². The van der Waals surface area contributed by atoms with Crippen LogP contribution >= 0.6 is 11.8 Å². The Balaban J connectivity index is 0.888. The van der Waals surface area contributed by atoms with E-state index in [0.29, 0.717) is 49.1 Å². The van der Waals surface area contributed by atoms with E-state index < -0.39 is 30.6 Å². The van der Waals surface area contributed by atoms with E-state index in [-0.39, 0.29) is 47.4 Å². The number of methoxy groups -OCH3 is 1. The lowest BCUT2D eigenvalue weighted by atomic mass is 9.90. The number of carbonyl (C=O) groups excluding carboxylic acids is 3. The van der Waals surface area contributed by atoms with Crippen molar-refractivity contribution >= 4 is 40.6 Å². The molecule has 0 saturated carbocycles. The van der Waals surface area contributed by atoms with Gasteiger partial charge in [0.05, 0.1) is 66.5 Å². The second-order valence-corrected chi connectivity index (χ2v) is 18.7. The number of furan rings is 1. The van der Waals surface area contributed by atoms with Gasteiger partial charge in [-0.2, -0.15) is 0 Å². The number of aryl methyl sites for hydroxylation is 1. The highest BCUT2D eigenvalue weighted by Crippen LogP contribution is 2.70. The number of alkyl halides is 1. The molecule has 11 rings (SSSR count). The summed E-state index contributed by atoms with van der Waals surface area (Å²) in [6.45, 7) is 3.47. The van der Waals surface area contributed by atoms with Crippen LogP contribution < -0.4 is 15.8 Å². The zero-order valence-corrected chi connectivity index (χ0v) is 36.2.